The molecule has 0 saturated carbocycles. The first kappa shape index (κ1) is 23.7. The highest BCUT2D eigenvalue weighted by Crippen LogP contribution is 2.37. The molecule has 174 valence electrons. The monoisotopic (exact) mass is 470 g/mol. The Hall–Kier alpha value is -3.97. The first-order chi connectivity index (χ1) is 15.3. The molecule has 0 aliphatic heterocycles. The number of fused-ring (bicyclic) bond motifs is 1. The summed E-state index contributed by atoms with van der Waals surface area (Å²) < 4.78 is 64.5. The molecule has 3 rings (SSSR count). The van der Waals surface area contributed by atoms with Crippen LogP contribution in [-0.2, 0) is 11.3 Å². The van der Waals surface area contributed by atoms with Crippen LogP contribution in [0, 0.1) is 10.1 Å². The summed E-state index contributed by atoms with van der Waals surface area (Å²) in [6.07, 6.45) is -2.48. The molecule has 33 heavy (non-hydrogen) atoms. The molecule has 0 unspecified atom stereocenters. The van der Waals surface area contributed by atoms with Crippen LogP contribution >= 0.6 is 0 Å². The molecule has 0 fully saturated rings. The minimum atomic E-state index is -5.73. The second-order valence-corrected chi connectivity index (χ2v) is 6.94. The molecule has 0 N–H and O–H groups in total. The summed E-state index contributed by atoms with van der Waals surface area (Å²) in [6.45, 7) is -0.410. The minimum Gasteiger partial charge on any atom is -0.315 e. The number of aliphatic imine (C=N–C) groups is 1. The lowest BCUT2D eigenvalue weighted by Gasteiger charge is -2.19. The van der Waals surface area contributed by atoms with E-state index in [1.807, 2.05) is 0 Å². The maximum atomic E-state index is 13.3. The summed E-state index contributed by atoms with van der Waals surface area (Å²) in [5.74, 6) is -5.29. The van der Waals surface area contributed by atoms with E-state index in [1.165, 1.54) is 43.1 Å². The van der Waals surface area contributed by atoms with Crippen molar-refractivity contribution in [3.05, 3.63) is 52.3 Å². The number of halogens is 5. The Morgan fingerprint density at radius 2 is 1.94 bits per heavy atom. The molecule has 0 atom stereocenters. The van der Waals surface area contributed by atoms with Crippen molar-refractivity contribution < 1.29 is 31.7 Å². The van der Waals surface area contributed by atoms with Crippen LogP contribution in [0.15, 0.2) is 41.7 Å². The standard InChI is InChI=1S/C19H15F5N6O3/c1-11(31)28(2)14-4-3-12(15(6-14)30(32)33)7-25-17-5-13-8-27-29(16(13)9-26-17)10-18(20,21)19(22,23)24/h3-9H,10H2,1-2H3. The summed E-state index contributed by atoms with van der Waals surface area (Å²) >= 11 is 0. The first-order valence-corrected chi connectivity index (χ1v) is 9.13. The van der Waals surface area contributed by atoms with Crippen molar-refractivity contribution >= 4 is 40.2 Å². The average molecular weight is 470 g/mol. The van der Waals surface area contributed by atoms with Gasteiger partial charge >= 0.3 is 12.1 Å². The van der Waals surface area contributed by atoms with Gasteiger partial charge in [-0.1, -0.05) is 0 Å². The lowest BCUT2D eigenvalue weighted by molar-refractivity contribution is -0.384. The number of anilines is 1. The molecule has 0 bridgehead atoms. The third-order valence-corrected chi connectivity index (χ3v) is 4.68. The van der Waals surface area contributed by atoms with Gasteiger partial charge in [-0.05, 0) is 18.2 Å². The number of rotatable bonds is 6. The summed E-state index contributed by atoms with van der Waals surface area (Å²) in [5.41, 5.74) is 0.00480. The van der Waals surface area contributed by atoms with Gasteiger partial charge in [0, 0.05) is 31.6 Å². The predicted molar refractivity (Wildman–Crippen MR) is 108 cm³/mol. The summed E-state index contributed by atoms with van der Waals surface area (Å²) in [6, 6.07) is 5.35. The zero-order valence-electron chi connectivity index (χ0n) is 17.0. The number of pyridine rings is 1. The normalized spacial score (nSPS) is 12.5. The molecule has 0 radical (unpaired) electrons. The van der Waals surface area contributed by atoms with Gasteiger partial charge in [-0.15, -0.1) is 0 Å². The number of alkyl halides is 5. The highest BCUT2D eigenvalue weighted by molar-refractivity contribution is 5.94. The number of nitrogens with zero attached hydrogens (tertiary/aromatic N) is 6. The number of carbonyl (C=O) groups excluding carboxylic acids is 1. The van der Waals surface area contributed by atoms with Gasteiger partial charge in [0.15, 0.2) is 5.82 Å². The SMILES string of the molecule is CC(=O)N(C)c1ccc(C=Nc2cc3cnn(CC(F)(F)C(F)(F)F)c3cn2)c([N+](=O)[O-])c1. The van der Waals surface area contributed by atoms with Crippen molar-refractivity contribution in [3.8, 4) is 0 Å². The minimum absolute atomic E-state index is 0.0175. The molecule has 1 amide bonds. The van der Waals surface area contributed by atoms with E-state index in [0.29, 0.717) is 10.4 Å². The molecule has 3 aromatic rings. The summed E-state index contributed by atoms with van der Waals surface area (Å²) in [4.78, 5) is 31.4. The number of amides is 1. The van der Waals surface area contributed by atoms with Gasteiger partial charge in [0.1, 0.15) is 6.54 Å². The largest absolute Gasteiger partial charge is 0.455 e. The lowest BCUT2D eigenvalue weighted by Crippen LogP contribution is -2.40. The number of hydrogen-bond donors (Lipinski definition) is 0. The topological polar surface area (TPSA) is 107 Å². The van der Waals surface area contributed by atoms with E-state index in [2.05, 4.69) is 15.1 Å². The van der Waals surface area contributed by atoms with Gasteiger partial charge in [-0.3, -0.25) is 19.6 Å². The fourth-order valence-corrected chi connectivity index (χ4v) is 2.77. The van der Waals surface area contributed by atoms with Crippen molar-refractivity contribution in [2.45, 2.75) is 25.6 Å². The van der Waals surface area contributed by atoms with E-state index >= 15 is 0 Å². The third kappa shape index (κ3) is 4.94. The number of carbonyl (C=O) groups is 1. The van der Waals surface area contributed by atoms with Crippen LogP contribution in [0.1, 0.15) is 12.5 Å². The molecular formula is C19H15F5N6O3. The van der Waals surface area contributed by atoms with Crippen LogP contribution in [-0.4, -0.2) is 51.0 Å². The van der Waals surface area contributed by atoms with Crippen molar-refractivity contribution in [2.75, 3.05) is 11.9 Å². The van der Waals surface area contributed by atoms with Crippen LogP contribution in [0.3, 0.4) is 0 Å². The molecule has 14 heteroatoms. The maximum absolute atomic E-state index is 13.3. The third-order valence-electron chi connectivity index (χ3n) is 4.68. The Morgan fingerprint density at radius 3 is 2.55 bits per heavy atom. The molecule has 1 aromatic carbocycles. The zero-order valence-corrected chi connectivity index (χ0v) is 17.0. The fourth-order valence-electron chi connectivity index (χ4n) is 2.77. The van der Waals surface area contributed by atoms with Crippen LogP contribution in [0.5, 0.6) is 0 Å². The summed E-state index contributed by atoms with van der Waals surface area (Å²) in [5, 5.41) is 15.2. The molecule has 9 nitrogen and oxygen atoms in total. The average Bonchev–Trinajstić information content (AvgIpc) is 3.12. The van der Waals surface area contributed by atoms with E-state index in [0.717, 1.165) is 18.6 Å². The Labute approximate surface area is 182 Å². The van der Waals surface area contributed by atoms with Crippen LogP contribution < -0.4 is 4.90 Å². The Morgan fingerprint density at radius 1 is 1.24 bits per heavy atom. The molecule has 2 aromatic heterocycles. The smallest absolute Gasteiger partial charge is 0.315 e. The van der Waals surface area contributed by atoms with Crippen LogP contribution in [0.25, 0.3) is 10.9 Å². The van der Waals surface area contributed by atoms with Gasteiger partial charge in [-0.2, -0.15) is 27.1 Å². The molecule has 2 heterocycles. The Bertz CT molecular complexity index is 1250. The highest BCUT2D eigenvalue weighted by atomic mass is 19.4. The van der Waals surface area contributed by atoms with Crippen LogP contribution in [0.2, 0.25) is 0 Å². The molecule has 0 aliphatic rings. The Kier molecular flexibility index (Phi) is 6.12. The van der Waals surface area contributed by atoms with E-state index in [9.17, 15) is 36.9 Å². The number of hydrogen-bond acceptors (Lipinski definition) is 6. The first-order valence-electron chi connectivity index (χ1n) is 9.13. The van der Waals surface area contributed by atoms with E-state index in [1.54, 1.807) is 0 Å². The van der Waals surface area contributed by atoms with Crippen LogP contribution in [0.4, 0.5) is 39.1 Å². The van der Waals surface area contributed by atoms with Crippen molar-refractivity contribution in [1.29, 1.82) is 0 Å². The fraction of sp³-hybridized carbons (Fsp3) is 0.263. The number of nitro benzene ring substituents is 1. The van der Waals surface area contributed by atoms with Gasteiger partial charge in [-0.25, -0.2) is 9.98 Å². The highest BCUT2D eigenvalue weighted by Gasteiger charge is 2.57. The van der Waals surface area contributed by atoms with Crippen molar-refractivity contribution in [1.82, 2.24) is 14.8 Å². The second kappa shape index (κ2) is 8.52. The maximum Gasteiger partial charge on any atom is 0.455 e. The molecular weight excluding hydrogens is 455 g/mol. The number of aromatic nitrogens is 3. The number of benzene rings is 1. The molecule has 0 spiro atoms. The molecule has 0 saturated heterocycles. The predicted octanol–water partition coefficient (Wildman–Crippen LogP) is 4.27. The lowest BCUT2D eigenvalue weighted by atomic mass is 10.1. The number of nitro groups is 1. The second-order valence-electron chi connectivity index (χ2n) is 6.94. The van der Waals surface area contributed by atoms with Gasteiger partial charge in [0.05, 0.1) is 34.1 Å². The Balaban J connectivity index is 1.89. The van der Waals surface area contributed by atoms with E-state index < -0.39 is 23.6 Å². The van der Waals surface area contributed by atoms with Gasteiger partial charge < -0.3 is 4.90 Å². The van der Waals surface area contributed by atoms with E-state index in [-0.39, 0.29) is 33.9 Å². The van der Waals surface area contributed by atoms with E-state index in [4.69, 9.17) is 0 Å². The van der Waals surface area contributed by atoms with Gasteiger partial charge in [0.25, 0.3) is 5.69 Å². The summed E-state index contributed by atoms with van der Waals surface area (Å²) in [7, 11) is 1.46. The molecule has 0 aliphatic carbocycles. The van der Waals surface area contributed by atoms with Crippen molar-refractivity contribution in [2.24, 2.45) is 4.99 Å². The van der Waals surface area contributed by atoms with Crippen molar-refractivity contribution in [3.63, 3.8) is 0 Å². The zero-order chi connectivity index (χ0) is 24.6. The van der Waals surface area contributed by atoms with Gasteiger partial charge in [0.2, 0.25) is 5.91 Å². The quantitative estimate of drug-likeness (QED) is 0.232.